The SMILES string of the molecule is CCOCc1ccccc1NC(=O)c1ccc(Br)cc1Br. The van der Waals surface area contributed by atoms with Crippen molar-refractivity contribution in [2.45, 2.75) is 13.5 Å². The number of halogens is 2. The number of amides is 1. The fourth-order valence-electron chi connectivity index (χ4n) is 1.84. The predicted molar refractivity (Wildman–Crippen MR) is 91.6 cm³/mol. The first-order valence-corrected chi connectivity index (χ1v) is 8.12. The summed E-state index contributed by atoms with van der Waals surface area (Å²) in [5.41, 5.74) is 2.32. The van der Waals surface area contributed by atoms with Gasteiger partial charge >= 0.3 is 0 Å². The van der Waals surface area contributed by atoms with Crippen molar-refractivity contribution in [3.05, 3.63) is 62.5 Å². The topological polar surface area (TPSA) is 38.3 Å². The maximum Gasteiger partial charge on any atom is 0.256 e. The average Bonchev–Trinajstić information content (AvgIpc) is 2.46. The van der Waals surface area contributed by atoms with Crippen molar-refractivity contribution in [3.8, 4) is 0 Å². The third-order valence-electron chi connectivity index (χ3n) is 2.90. The van der Waals surface area contributed by atoms with Crippen molar-refractivity contribution < 1.29 is 9.53 Å². The highest BCUT2D eigenvalue weighted by molar-refractivity contribution is 9.11. The molecule has 0 saturated carbocycles. The number of carbonyl (C=O) groups is 1. The van der Waals surface area contributed by atoms with Gasteiger partial charge in [0, 0.05) is 26.8 Å². The first kappa shape index (κ1) is 16.2. The lowest BCUT2D eigenvalue weighted by molar-refractivity contribution is 0.102. The molecule has 2 aromatic rings. The van der Waals surface area contributed by atoms with Crippen molar-refractivity contribution in [1.82, 2.24) is 0 Å². The monoisotopic (exact) mass is 411 g/mol. The maximum absolute atomic E-state index is 12.4. The summed E-state index contributed by atoms with van der Waals surface area (Å²) in [5.74, 6) is -0.154. The molecule has 1 amide bonds. The van der Waals surface area contributed by atoms with Crippen LogP contribution in [-0.2, 0) is 11.3 Å². The van der Waals surface area contributed by atoms with Crippen LogP contribution in [0.1, 0.15) is 22.8 Å². The number of nitrogens with one attached hydrogen (secondary N) is 1. The van der Waals surface area contributed by atoms with Gasteiger partial charge in [-0.25, -0.2) is 0 Å². The van der Waals surface area contributed by atoms with Gasteiger partial charge in [0.15, 0.2) is 0 Å². The van der Waals surface area contributed by atoms with Gasteiger partial charge < -0.3 is 10.1 Å². The van der Waals surface area contributed by atoms with E-state index in [2.05, 4.69) is 37.2 Å². The molecule has 3 nitrogen and oxygen atoms in total. The van der Waals surface area contributed by atoms with Crippen LogP contribution in [0.4, 0.5) is 5.69 Å². The van der Waals surface area contributed by atoms with E-state index in [1.54, 1.807) is 6.07 Å². The van der Waals surface area contributed by atoms with E-state index in [9.17, 15) is 4.79 Å². The van der Waals surface area contributed by atoms with E-state index in [-0.39, 0.29) is 5.91 Å². The van der Waals surface area contributed by atoms with Crippen molar-refractivity contribution >= 4 is 43.5 Å². The molecule has 0 aliphatic carbocycles. The Morgan fingerprint density at radius 2 is 1.95 bits per heavy atom. The van der Waals surface area contributed by atoms with E-state index in [4.69, 9.17) is 4.74 Å². The van der Waals surface area contributed by atoms with Gasteiger partial charge in [-0.3, -0.25) is 4.79 Å². The number of hydrogen-bond acceptors (Lipinski definition) is 2. The summed E-state index contributed by atoms with van der Waals surface area (Å²) in [7, 11) is 0. The predicted octanol–water partition coefficient (Wildman–Crippen LogP) is 5.00. The molecule has 0 aromatic heterocycles. The first-order chi connectivity index (χ1) is 10.1. The van der Waals surface area contributed by atoms with Gasteiger partial charge in [-0.2, -0.15) is 0 Å². The summed E-state index contributed by atoms with van der Waals surface area (Å²) in [6, 6.07) is 13.1. The standard InChI is InChI=1S/C16H15Br2NO2/c1-2-21-10-11-5-3-4-6-15(11)19-16(20)13-8-7-12(17)9-14(13)18/h3-9H,2,10H2,1H3,(H,19,20). The van der Waals surface area contributed by atoms with Crippen LogP contribution in [0.5, 0.6) is 0 Å². The Kier molecular flexibility index (Phi) is 5.96. The average molecular weight is 413 g/mol. The Morgan fingerprint density at radius 3 is 2.67 bits per heavy atom. The van der Waals surface area contributed by atoms with Gasteiger partial charge in [-0.15, -0.1) is 0 Å². The lowest BCUT2D eigenvalue weighted by Crippen LogP contribution is -2.14. The van der Waals surface area contributed by atoms with Crippen LogP contribution >= 0.6 is 31.9 Å². The first-order valence-electron chi connectivity index (χ1n) is 6.54. The molecule has 0 bridgehead atoms. The van der Waals surface area contributed by atoms with E-state index in [1.165, 1.54) is 0 Å². The zero-order valence-corrected chi connectivity index (χ0v) is 14.7. The number of benzene rings is 2. The molecule has 110 valence electrons. The lowest BCUT2D eigenvalue weighted by atomic mass is 10.1. The summed E-state index contributed by atoms with van der Waals surface area (Å²) >= 11 is 6.78. The molecule has 0 spiro atoms. The van der Waals surface area contributed by atoms with Gasteiger partial charge in [0.1, 0.15) is 0 Å². The molecule has 0 aliphatic heterocycles. The molecular formula is C16H15Br2NO2. The van der Waals surface area contributed by atoms with E-state index < -0.39 is 0 Å². The molecule has 0 saturated heterocycles. The highest BCUT2D eigenvalue weighted by atomic mass is 79.9. The third-order valence-corrected chi connectivity index (χ3v) is 4.05. The summed E-state index contributed by atoms with van der Waals surface area (Å²) in [6.07, 6.45) is 0. The molecular weight excluding hydrogens is 398 g/mol. The van der Waals surface area contributed by atoms with Crippen LogP contribution in [0.3, 0.4) is 0 Å². The van der Waals surface area contributed by atoms with Gasteiger partial charge in [0.2, 0.25) is 0 Å². The van der Waals surface area contributed by atoms with E-state index in [0.29, 0.717) is 18.8 Å². The van der Waals surface area contributed by atoms with Crippen LogP contribution in [0, 0.1) is 0 Å². The largest absolute Gasteiger partial charge is 0.377 e. The summed E-state index contributed by atoms with van der Waals surface area (Å²) in [4.78, 5) is 12.4. The van der Waals surface area contributed by atoms with Crippen LogP contribution < -0.4 is 5.32 Å². The number of hydrogen-bond donors (Lipinski definition) is 1. The van der Waals surface area contributed by atoms with Crippen LogP contribution in [0.15, 0.2) is 51.4 Å². The molecule has 2 rings (SSSR count). The molecule has 21 heavy (non-hydrogen) atoms. The number of ether oxygens (including phenoxy) is 1. The second kappa shape index (κ2) is 7.73. The normalized spacial score (nSPS) is 10.4. The van der Waals surface area contributed by atoms with Crippen molar-refractivity contribution in [2.24, 2.45) is 0 Å². The Bertz CT molecular complexity index is 644. The summed E-state index contributed by atoms with van der Waals surface area (Å²) < 4.78 is 7.09. The molecule has 0 radical (unpaired) electrons. The van der Waals surface area contributed by atoms with Crippen molar-refractivity contribution in [3.63, 3.8) is 0 Å². The van der Waals surface area contributed by atoms with E-state index in [0.717, 1.165) is 20.2 Å². The Balaban J connectivity index is 2.19. The van der Waals surface area contributed by atoms with Gasteiger partial charge in [0.05, 0.1) is 12.2 Å². The number of para-hydroxylation sites is 1. The Hall–Kier alpha value is -1.17. The molecule has 0 aliphatic rings. The smallest absolute Gasteiger partial charge is 0.256 e. The molecule has 0 fully saturated rings. The van der Waals surface area contributed by atoms with Crippen molar-refractivity contribution in [2.75, 3.05) is 11.9 Å². The second-order valence-corrected chi connectivity index (χ2v) is 6.14. The van der Waals surface area contributed by atoms with Crippen LogP contribution in [-0.4, -0.2) is 12.5 Å². The van der Waals surface area contributed by atoms with E-state index >= 15 is 0 Å². The van der Waals surface area contributed by atoms with Gasteiger partial charge in [0.25, 0.3) is 5.91 Å². The maximum atomic E-state index is 12.4. The minimum atomic E-state index is -0.154. The summed E-state index contributed by atoms with van der Waals surface area (Å²) in [5, 5.41) is 2.93. The number of carbonyl (C=O) groups excluding carboxylic acids is 1. The molecule has 1 N–H and O–H groups in total. The zero-order valence-electron chi connectivity index (χ0n) is 11.5. The second-order valence-electron chi connectivity index (χ2n) is 4.37. The minimum Gasteiger partial charge on any atom is -0.377 e. The number of anilines is 1. The van der Waals surface area contributed by atoms with Crippen molar-refractivity contribution in [1.29, 1.82) is 0 Å². The van der Waals surface area contributed by atoms with Gasteiger partial charge in [-0.1, -0.05) is 34.1 Å². The Morgan fingerprint density at radius 1 is 1.19 bits per heavy atom. The van der Waals surface area contributed by atoms with E-state index in [1.807, 2.05) is 43.3 Å². The third kappa shape index (κ3) is 4.40. The Labute approximate surface area is 141 Å². The fraction of sp³-hybridized carbons (Fsp3) is 0.188. The fourth-order valence-corrected chi connectivity index (χ4v) is 3.07. The molecule has 0 unspecified atom stereocenters. The van der Waals surface area contributed by atoms with Gasteiger partial charge in [-0.05, 0) is 47.1 Å². The number of rotatable bonds is 5. The minimum absolute atomic E-state index is 0.154. The quantitative estimate of drug-likeness (QED) is 0.750. The molecule has 0 heterocycles. The molecule has 2 aromatic carbocycles. The highest BCUT2D eigenvalue weighted by Crippen LogP contribution is 2.24. The zero-order chi connectivity index (χ0) is 15.2. The van der Waals surface area contributed by atoms with Crippen LogP contribution in [0.2, 0.25) is 0 Å². The lowest BCUT2D eigenvalue weighted by Gasteiger charge is -2.12. The highest BCUT2D eigenvalue weighted by Gasteiger charge is 2.12. The molecule has 0 atom stereocenters. The van der Waals surface area contributed by atoms with Crippen LogP contribution in [0.25, 0.3) is 0 Å². The molecule has 5 heteroatoms. The summed E-state index contributed by atoms with van der Waals surface area (Å²) in [6.45, 7) is 3.06.